The minimum atomic E-state index is -0.958. The Labute approximate surface area is 205 Å². The quantitative estimate of drug-likeness (QED) is 0.419. The van der Waals surface area contributed by atoms with Crippen molar-refractivity contribution in [3.8, 4) is 0 Å². The predicted octanol–water partition coefficient (Wildman–Crippen LogP) is 3.35. The highest BCUT2D eigenvalue weighted by molar-refractivity contribution is 5.91. The number of nitrogens with two attached hydrogens (primary N) is 1. The smallest absolute Gasteiger partial charge is 0.408 e. The molecule has 3 aromatic rings. The van der Waals surface area contributed by atoms with Crippen molar-refractivity contribution in [3.05, 3.63) is 107 Å². The first-order valence-electron chi connectivity index (χ1n) is 11.5. The Kier molecular flexibility index (Phi) is 9.01. The van der Waals surface area contributed by atoms with E-state index in [1.54, 1.807) is 0 Å². The molecular weight excluding hydrogens is 442 g/mol. The van der Waals surface area contributed by atoms with E-state index in [-0.39, 0.29) is 19.4 Å². The molecule has 3 aromatic carbocycles. The average molecular weight is 474 g/mol. The molecule has 0 saturated carbocycles. The van der Waals surface area contributed by atoms with Gasteiger partial charge in [-0.3, -0.25) is 9.59 Å². The summed E-state index contributed by atoms with van der Waals surface area (Å²) >= 11 is 0. The van der Waals surface area contributed by atoms with Gasteiger partial charge < -0.3 is 21.1 Å². The van der Waals surface area contributed by atoms with Crippen molar-refractivity contribution < 1.29 is 19.1 Å². The van der Waals surface area contributed by atoms with E-state index in [2.05, 4.69) is 10.6 Å². The maximum absolute atomic E-state index is 13.2. The van der Waals surface area contributed by atoms with E-state index >= 15 is 0 Å². The van der Waals surface area contributed by atoms with E-state index in [1.165, 1.54) is 0 Å². The van der Waals surface area contributed by atoms with Gasteiger partial charge in [0.05, 0.1) is 0 Å². The summed E-state index contributed by atoms with van der Waals surface area (Å²) in [4.78, 5) is 38.0. The molecule has 0 radical (unpaired) electrons. The molecule has 0 aliphatic rings. The van der Waals surface area contributed by atoms with Crippen LogP contribution in [0.1, 0.15) is 27.8 Å². The summed E-state index contributed by atoms with van der Waals surface area (Å²) in [5.41, 5.74) is 10.3. The van der Waals surface area contributed by atoms with Crippen LogP contribution in [0.5, 0.6) is 0 Å². The van der Waals surface area contributed by atoms with E-state index < -0.39 is 30.0 Å². The van der Waals surface area contributed by atoms with Crippen LogP contribution >= 0.6 is 0 Å². The molecule has 7 nitrogen and oxygen atoms in total. The number of hydrogen-bond acceptors (Lipinski definition) is 4. The summed E-state index contributed by atoms with van der Waals surface area (Å²) in [6, 6.07) is 22.5. The number of benzene rings is 3. The molecule has 0 aliphatic carbocycles. The highest BCUT2D eigenvalue weighted by Crippen LogP contribution is 2.16. The number of primary amides is 1. The van der Waals surface area contributed by atoms with Crippen molar-refractivity contribution in [2.75, 3.05) is 0 Å². The molecule has 7 heteroatoms. The van der Waals surface area contributed by atoms with E-state index in [1.807, 2.05) is 92.7 Å². The molecule has 3 rings (SSSR count). The van der Waals surface area contributed by atoms with Crippen molar-refractivity contribution in [3.63, 3.8) is 0 Å². The van der Waals surface area contributed by atoms with Crippen LogP contribution in [0.4, 0.5) is 4.79 Å². The highest BCUT2D eigenvalue weighted by atomic mass is 16.5. The summed E-state index contributed by atoms with van der Waals surface area (Å²) in [5, 5.41) is 5.38. The monoisotopic (exact) mass is 473 g/mol. The molecule has 0 aliphatic heterocycles. The number of amides is 3. The Bertz CT molecular complexity index is 1130. The van der Waals surface area contributed by atoms with Gasteiger partial charge in [0.25, 0.3) is 0 Å². The Morgan fingerprint density at radius 3 is 1.89 bits per heavy atom. The first-order valence-corrected chi connectivity index (χ1v) is 11.5. The van der Waals surface area contributed by atoms with E-state index in [4.69, 9.17) is 10.5 Å². The maximum Gasteiger partial charge on any atom is 0.408 e. The maximum atomic E-state index is 13.2. The van der Waals surface area contributed by atoms with Gasteiger partial charge in [0, 0.05) is 12.8 Å². The van der Waals surface area contributed by atoms with Gasteiger partial charge in [0.15, 0.2) is 0 Å². The third kappa shape index (κ3) is 7.71. The van der Waals surface area contributed by atoms with Crippen molar-refractivity contribution >= 4 is 17.9 Å². The van der Waals surface area contributed by atoms with Gasteiger partial charge in [-0.15, -0.1) is 0 Å². The van der Waals surface area contributed by atoms with Crippen LogP contribution in [0.25, 0.3) is 0 Å². The van der Waals surface area contributed by atoms with Gasteiger partial charge in [-0.05, 0) is 41.7 Å². The second kappa shape index (κ2) is 12.4. The number of ether oxygens (including phenoxy) is 1. The topological polar surface area (TPSA) is 111 Å². The minimum absolute atomic E-state index is 0.0722. The number of hydrogen-bond donors (Lipinski definition) is 3. The summed E-state index contributed by atoms with van der Waals surface area (Å²) < 4.78 is 5.30. The molecule has 0 aromatic heterocycles. The Morgan fingerprint density at radius 1 is 0.743 bits per heavy atom. The molecule has 35 heavy (non-hydrogen) atoms. The molecule has 4 N–H and O–H groups in total. The third-order valence-corrected chi connectivity index (χ3v) is 5.82. The second-order valence-electron chi connectivity index (χ2n) is 8.49. The lowest BCUT2D eigenvalue weighted by molar-refractivity contribution is -0.128. The highest BCUT2D eigenvalue weighted by Gasteiger charge is 2.27. The van der Waals surface area contributed by atoms with Crippen molar-refractivity contribution in [2.45, 2.75) is 45.4 Å². The molecule has 3 amide bonds. The van der Waals surface area contributed by atoms with Crippen LogP contribution in [-0.4, -0.2) is 30.0 Å². The molecule has 182 valence electrons. The second-order valence-corrected chi connectivity index (χ2v) is 8.49. The molecular formula is C28H31N3O4. The molecule has 2 atom stereocenters. The van der Waals surface area contributed by atoms with Gasteiger partial charge in [-0.1, -0.05) is 78.9 Å². The van der Waals surface area contributed by atoms with Gasteiger partial charge in [0.2, 0.25) is 11.8 Å². The Morgan fingerprint density at radius 2 is 1.31 bits per heavy atom. The van der Waals surface area contributed by atoms with Gasteiger partial charge in [0.1, 0.15) is 18.7 Å². The lowest BCUT2D eigenvalue weighted by Gasteiger charge is -2.23. The number of nitrogens with one attached hydrogen (secondary N) is 2. The molecule has 0 unspecified atom stereocenters. The van der Waals surface area contributed by atoms with E-state index in [0.717, 1.165) is 27.8 Å². The molecule has 0 bridgehead atoms. The number of rotatable bonds is 10. The van der Waals surface area contributed by atoms with Crippen LogP contribution in [0, 0.1) is 13.8 Å². The van der Waals surface area contributed by atoms with Crippen LogP contribution in [-0.2, 0) is 33.8 Å². The summed E-state index contributed by atoms with van der Waals surface area (Å²) in [6.45, 7) is 3.97. The minimum Gasteiger partial charge on any atom is -0.445 e. The first kappa shape index (κ1) is 25.5. The van der Waals surface area contributed by atoms with Crippen LogP contribution < -0.4 is 16.4 Å². The van der Waals surface area contributed by atoms with Crippen molar-refractivity contribution in [2.24, 2.45) is 5.73 Å². The fraction of sp³-hybridized carbons (Fsp3) is 0.250. The molecule has 0 saturated heterocycles. The zero-order chi connectivity index (χ0) is 25.2. The van der Waals surface area contributed by atoms with Crippen LogP contribution in [0.2, 0.25) is 0 Å². The SMILES string of the molecule is Cc1cccc(C)c1C[C@@H](NC(=O)[C@H](Cc1ccccc1)NC(=O)OCc1ccccc1)C(N)=O. The van der Waals surface area contributed by atoms with Crippen molar-refractivity contribution in [1.29, 1.82) is 0 Å². The lowest BCUT2D eigenvalue weighted by Crippen LogP contribution is -2.54. The van der Waals surface area contributed by atoms with E-state index in [9.17, 15) is 14.4 Å². The fourth-order valence-electron chi connectivity index (χ4n) is 3.84. The first-order chi connectivity index (χ1) is 16.8. The summed E-state index contributed by atoms with van der Waals surface area (Å²) in [6.07, 6.45) is -0.242. The Hall–Kier alpha value is -4.13. The molecule has 0 fully saturated rings. The van der Waals surface area contributed by atoms with Gasteiger partial charge in [-0.25, -0.2) is 4.79 Å². The normalized spacial score (nSPS) is 12.3. The van der Waals surface area contributed by atoms with Gasteiger partial charge >= 0.3 is 6.09 Å². The average Bonchev–Trinajstić information content (AvgIpc) is 2.85. The summed E-state index contributed by atoms with van der Waals surface area (Å²) in [7, 11) is 0. The van der Waals surface area contributed by atoms with E-state index in [0.29, 0.717) is 0 Å². The predicted molar refractivity (Wildman–Crippen MR) is 134 cm³/mol. The number of alkyl carbamates (subject to hydrolysis) is 1. The Balaban J connectivity index is 1.72. The standard InChI is InChI=1S/C28H31N3O4/c1-19-10-9-11-20(2)23(19)17-24(26(29)32)30-27(33)25(16-21-12-5-3-6-13-21)31-28(34)35-18-22-14-7-4-8-15-22/h3-15,24-25H,16-18H2,1-2H3,(H2,29,32)(H,30,33)(H,31,34)/t24-,25+/m1/s1. The number of carbonyl (C=O) groups excluding carboxylic acids is 3. The van der Waals surface area contributed by atoms with Crippen LogP contribution in [0.15, 0.2) is 78.9 Å². The number of aryl methyl sites for hydroxylation is 2. The molecule has 0 spiro atoms. The molecule has 0 heterocycles. The van der Waals surface area contributed by atoms with Gasteiger partial charge in [-0.2, -0.15) is 0 Å². The third-order valence-electron chi connectivity index (χ3n) is 5.82. The zero-order valence-electron chi connectivity index (χ0n) is 20.0. The van der Waals surface area contributed by atoms with Crippen LogP contribution in [0.3, 0.4) is 0 Å². The van der Waals surface area contributed by atoms with Crippen molar-refractivity contribution in [1.82, 2.24) is 10.6 Å². The number of carbonyl (C=O) groups is 3. The summed E-state index contributed by atoms with van der Waals surface area (Å²) in [5.74, 6) is -1.16. The largest absolute Gasteiger partial charge is 0.445 e. The lowest BCUT2D eigenvalue weighted by atomic mass is 9.95. The zero-order valence-corrected chi connectivity index (χ0v) is 20.0. The fourth-order valence-corrected chi connectivity index (χ4v) is 3.84.